The molecule has 30 heavy (non-hydrogen) atoms. The Balaban J connectivity index is 1.49. The van der Waals surface area contributed by atoms with Crippen LogP contribution in [0.1, 0.15) is 30.4 Å². The van der Waals surface area contributed by atoms with Gasteiger partial charge in [-0.15, -0.1) is 0 Å². The van der Waals surface area contributed by atoms with Gasteiger partial charge in [-0.05, 0) is 44.4 Å². The normalized spacial score (nSPS) is 22.4. The van der Waals surface area contributed by atoms with E-state index >= 15 is 0 Å². The largest absolute Gasteiger partial charge is 0.493 e. The van der Waals surface area contributed by atoms with Gasteiger partial charge in [-0.1, -0.05) is 12.1 Å². The fourth-order valence-corrected chi connectivity index (χ4v) is 4.11. The molecule has 0 aliphatic carbocycles. The van der Waals surface area contributed by atoms with Crippen LogP contribution in [0.4, 0.5) is 0 Å². The predicted octanol–water partition coefficient (Wildman–Crippen LogP) is 2.19. The zero-order chi connectivity index (χ0) is 21.2. The van der Waals surface area contributed by atoms with Gasteiger partial charge in [-0.25, -0.2) is 0 Å². The second-order valence-electron chi connectivity index (χ2n) is 8.28. The fourth-order valence-electron chi connectivity index (χ4n) is 4.11. The molecule has 0 aromatic heterocycles. The lowest BCUT2D eigenvalue weighted by Gasteiger charge is -2.25. The summed E-state index contributed by atoms with van der Waals surface area (Å²) in [6, 6.07) is 6.92. The third kappa shape index (κ3) is 6.86. The van der Waals surface area contributed by atoms with Crippen LogP contribution in [0.3, 0.4) is 0 Å². The molecule has 2 atom stereocenters. The van der Waals surface area contributed by atoms with Crippen molar-refractivity contribution in [3.63, 3.8) is 0 Å². The van der Waals surface area contributed by atoms with Gasteiger partial charge in [0.25, 0.3) is 0 Å². The Morgan fingerprint density at radius 3 is 2.97 bits per heavy atom. The molecule has 2 aliphatic heterocycles. The van der Waals surface area contributed by atoms with Crippen molar-refractivity contribution < 1.29 is 14.2 Å². The Hall–Kier alpha value is -1.83. The summed E-state index contributed by atoms with van der Waals surface area (Å²) in [6.07, 6.45) is 3.55. The SMILES string of the molecule is CN=C(NCc1ccc(C)cc1OCC1CCOC1)NCC1CCCN1CCOC. The Labute approximate surface area is 181 Å². The molecule has 7 heteroatoms. The smallest absolute Gasteiger partial charge is 0.191 e. The summed E-state index contributed by atoms with van der Waals surface area (Å²) in [4.78, 5) is 6.90. The number of hydrogen-bond donors (Lipinski definition) is 2. The van der Waals surface area contributed by atoms with Crippen LogP contribution in [0.2, 0.25) is 0 Å². The van der Waals surface area contributed by atoms with Crippen LogP contribution in [0.15, 0.2) is 23.2 Å². The van der Waals surface area contributed by atoms with Crippen molar-refractivity contribution in [1.29, 1.82) is 0 Å². The minimum Gasteiger partial charge on any atom is -0.493 e. The van der Waals surface area contributed by atoms with E-state index < -0.39 is 0 Å². The Bertz CT molecular complexity index is 676. The molecule has 0 bridgehead atoms. The van der Waals surface area contributed by atoms with Crippen LogP contribution in [0.25, 0.3) is 0 Å². The van der Waals surface area contributed by atoms with Crippen LogP contribution in [0.5, 0.6) is 5.75 Å². The molecular weight excluding hydrogens is 380 g/mol. The number of hydrogen-bond acceptors (Lipinski definition) is 5. The van der Waals surface area contributed by atoms with Gasteiger partial charge in [0, 0.05) is 57.9 Å². The summed E-state index contributed by atoms with van der Waals surface area (Å²) in [5.41, 5.74) is 2.35. The molecule has 0 amide bonds. The molecule has 2 heterocycles. The molecule has 0 saturated carbocycles. The van der Waals surface area contributed by atoms with Crippen molar-refractivity contribution in [2.75, 3.05) is 60.2 Å². The van der Waals surface area contributed by atoms with Crippen molar-refractivity contribution >= 4 is 5.96 Å². The van der Waals surface area contributed by atoms with Gasteiger partial charge in [-0.3, -0.25) is 9.89 Å². The maximum Gasteiger partial charge on any atom is 0.191 e. The van der Waals surface area contributed by atoms with E-state index in [2.05, 4.69) is 45.6 Å². The van der Waals surface area contributed by atoms with Gasteiger partial charge in [0.2, 0.25) is 0 Å². The summed E-state index contributed by atoms with van der Waals surface area (Å²) in [5, 5.41) is 6.94. The topological polar surface area (TPSA) is 67.4 Å². The number of nitrogens with one attached hydrogen (secondary N) is 2. The van der Waals surface area contributed by atoms with E-state index in [1.54, 1.807) is 7.11 Å². The highest BCUT2D eigenvalue weighted by molar-refractivity contribution is 5.79. The highest BCUT2D eigenvalue weighted by Gasteiger charge is 2.24. The summed E-state index contributed by atoms with van der Waals surface area (Å²) >= 11 is 0. The maximum atomic E-state index is 6.16. The zero-order valence-corrected chi connectivity index (χ0v) is 18.8. The molecule has 1 aromatic carbocycles. The van der Waals surface area contributed by atoms with E-state index in [-0.39, 0.29) is 0 Å². The number of aliphatic imine (C=N–C) groups is 1. The molecule has 2 fully saturated rings. The summed E-state index contributed by atoms with van der Waals surface area (Å²) < 4.78 is 16.9. The van der Waals surface area contributed by atoms with Crippen LogP contribution >= 0.6 is 0 Å². The zero-order valence-electron chi connectivity index (χ0n) is 18.8. The Morgan fingerprint density at radius 2 is 2.20 bits per heavy atom. The third-order valence-corrected chi connectivity index (χ3v) is 5.98. The van der Waals surface area contributed by atoms with Crippen LogP contribution in [-0.4, -0.2) is 77.1 Å². The predicted molar refractivity (Wildman–Crippen MR) is 120 cm³/mol. The van der Waals surface area contributed by atoms with Gasteiger partial charge in [0.15, 0.2) is 5.96 Å². The van der Waals surface area contributed by atoms with Gasteiger partial charge < -0.3 is 24.8 Å². The lowest BCUT2D eigenvalue weighted by Crippen LogP contribution is -2.45. The first-order chi connectivity index (χ1) is 14.7. The highest BCUT2D eigenvalue weighted by Crippen LogP contribution is 2.22. The molecule has 168 valence electrons. The highest BCUT2D eigenvalue weighted by atomic mass is 16.5. The molecule has 2 N–H and O–H groups in total. The molecule has 2 aliphatic rings. The summed E-state index contributed by atoms with van der Waals surface area (Å²) in [5.74, 6) is 2.27. The van der Waals surface area contributed by atoms with Crippen molar-refractivity contribution in [3.8, 4) is 5.75 Å². The van der Waals surface area contributed by atoms with E-state index in [1.165, 1.54) is 18.4 Å². The Kier molecular flexibility index (Phi) is 9.24. The number of ether oxygens (including phenoxy) is 3. The van der Waals surface area contributed by atoms with Gasteiger partial charge in [0.05, 0.1) is 19.8 Å². The van der Waals surface area contributed by atoms with E-state index in [0.717, 1.165) is 63.1 Å². The first-order valence-corrected chi connectivity index (χ1v) is 11.2. The maximum absolute atomic E-state index is 6.16. The molecule has 3 rings (SSSR count). The second kappa shape index (κ2) is 12.1. The van der Waals surface area contributed by atoms with Gasteiger partial charge in [0.1, 0.15) is 5.75 Å². The third-order valence-electron chi connectivity index (χ3n) is 5.98. The quantitative estimate of drug-likeness (QED) is 0.449. The number of aryl methyl sites for hydroxylation is 1. The number of likely N-dealkylation sites (tertiary alicyclic amines) is 1. The first kappa shape index (κ1) is 22.8. The Morgan fingerprint density at radius 1 is 1.30 bits per heavy atom. The number of nitrogens with zero attached hydrogens (tertiary/aromatic N) is 2. The number of methoxy groups -OCH3 is 1. The monoisotopic (exact) mass is 418 g/mol. The number of benzene rings is 1. The molecule has 2 saturated heterocycles. The lowest BCUT2D eigenvalue weighted by atomic mass is 10.1. The van der Waals surface area contributed by atoms with Crippen molar-refractivity contribution in [2.45, 2.75) is 38.8 Å². The second-order valence-corrected chi connectivity index (χ2v) is 8.28. The summed E-state index contributed by atoms with van der Waals surface area (Å²) in [7, 11) is 3.58. The standard InChI is InChI=1S/C23H38N4O3/c1-18-6-7-20(22(13-18)30-17-19-8-11-29-16-19)14-25-23(24-2)26-15-21-5-4-9-27(21)10-12-28-3/h6-7,13,19,21H,4-5,8-12,14-17H2,1-3H3,(H2,24,25,26). The number of guanidine groups is 1. The van der Waals surface area contributed by atoms with Gasteiger partial charge in [-0.2, -0.15) is 0 Å². The minimum atomic E-state index is 0.494. The fraction of sp³-hybridized carbons (Fsp3) is 0.696. The van der Waals surface area contributed by atoms with E-state index in [0.29, 0.717) is 25.1 Å². The van der Waals surface area contributed by atoms with E-state index in [4.69, 9.17) is 14.2 Å². The van der Waals surface area contributed by atoms with Crippen molar-refractivity contribution in [3.05, 3.63) is 29.3 Å². The molecule has 2 unspecified atom stereocenters. The van der Waals surface area contributed by atoms with Gasteiger partial charge >= 0.3 is 0 Å². The summed E-state index contributed by atoms with van der Waals surface area (Å²) in [6.45, 7) is 8.95. The lowest BCUT2D eigenvalue weighted by molar-refractivity contribution is 0.141. The van der Waals surface area contributed by atoms with Crippen molar-refractivity contribution in [1.82, 2.24) is 15.5 Å². The minimum absolute atomic E-state index is 0.494. The van der Waals surface area contributed by atoms with Crippen LogP contribution in [-0.2, 0) is 16.0 Å². The molecule has 0 spiro atoms. The van der Waals surface area contributed by atoms with Crippen molar-refractivity contribution in [2.24, 2.45) is 10.9 Å². The number of rotatable bonds is 10. The molecule has 0 radical (unpaired) electrons. The van der Waals surface area contributed by atoms with E-state index in [1.807, 2.05) is 7.05 Å². The van der Waals surface area contributed by atoms with E-state index in [9.17, 15) is 0 Å². The molecule has 7 nitrogen and oxygen atoms in total. The average molecular weight is 419 g/mol. The molecular formula is C23H38N4O3. The molecule has 1 aromatic rings. The van der Waals surface area contributed by atoms with Crippen LogP contribution in [0, 0.1) is 12.8 Å². The van der Waals surface area contributed by atoms with Crippen LogP contribution < -0.4 is 15.4 Å². The average Bonchev–Trinajstić information content (AvgIpc) is 3.43. The first-order valence-electron chi connectivity index (χ1n) is 11.2.